The molecular weight excluding hydrogens is 410 g/mol. The molecule has 4 atom stereocenters. The Labute approximate surface area is 186 Å². The summed E-state index contributed by atoms with van der Waals surface area (Å²) in [7, 11) is 1.55. The molecule has 2 aromatic rings. The summed E-state index contributed by atoms with van der Waals surface area (Å²) in [6.07, 6.45) is -1.33. The van der Waals surface area contributed by atoms with Crippen LogP contribution in [0.5, 0.6) is 5.75 Å². The number of benzene rings is 2. The van der Waals surface area contributed by atoms with Crippen molar-refractivity contribution in [3.05, 3.63) is 53.6 Å². The smallest absolute Gasteiger partial charge is 0.229 e. The van der Waals surface area contributed by atoms with Crippen LogP contribution >= 0.6 is 0 Å². The van der Waals surface area contributed by atoms with Gasteiger partial charge in [0.1, 0.15) is 5.75 Å². The first-order valence-electron chi connectivity index (χ1n) is 10.5. The molecule has 3 amide bonds. The number of ether oxygens (including phenoxy) is 1. The zero-order valence-electron chi connectivity index (χ0n) is 18.2. The Morgan fingerprint density at radius 2 is 1.81 bits per heavy atom. The number of fused-ring (bicyclic) bond motifs is 1. The van der Waals surface area contributed by atoms with Gasteiger partial charge >= 0.3 is 0 Å². The van der Waals surface area contributed by atoms with Crippen molar-refractivity contribution in [2.24, 2.45) is 11.8 Å². The largest absolute Gasteiger partial charge is 0.497 e. The van der Waals surface area contributed by atoms with E-state index in [4.69, 9.17) is 4.74 Å². The zero-order chi connectivity index (χ0) is 22.8. The highest BCUT2D eigenvalue weighted by Crippen LogP contribution is 2.29. The number of carbonyl (C=O) groups is 3. The number of anilines is 2. The van der Waals surface area contributed by atoms with E-state index < -0.39 is 24.3 Å². The number of carbonyl (C=O) groups excluding carboxylic acids is 3. The highest BCUT2D eigenvalue weighted by atomic mass is 16.5. The minimum atomic E-state index is -0.813. The Morgan fingerprint density at radius 3 is 2.53 bits per heavy atom. The van der Waals surface area contributed by atoms with Crippen LogP contribution in [0.3, 0.4) is 0 Å². The molecule has 0 aliphatic carbocycles. The van der Waals surface area contributed by atoms with Crippen molar-refractivity contribution in [2.75, 3.05) is 17.7 Å². The Morgan fingerprint density at radius 1 is 1.06 bits per heavy atom. The first kappa shape index (κ1) is 21.6. The van der Waals surface area contributed by atoms with Crippen molar-refractivity contribution < 1.29 is 19.1 Å². The Bertz CT molecular complexity index is 1040. The predicted molar refractivity (Wildman–Crippen MR) is 120 cm³/mol. The van der Waals surface area contributed by atoms with Crippen molar-refractivity contribution in [2.45, 2.75) is 32.7 Å². The number of nitrogens with one attached hydrogen (secondary N) is 5. The van der Waals surface area contributed by atoms with E-state index in [1.165, 1.54) is 0 Å². The first-order chi connectivity index (χ1) is 15.3. The summed E-state index contributed by atoms with van der Waals surface area (Å²) in [6.45, 7) is 3.85. The van der Waals surface area contributed by atoms with Crippen LogP contribution in [0.2, 0.25) is 0 Å². The third kappa shape index (κ3) is 4.52. The van der Waals surface area contributed by atoms with Crippen LogP contribution in [0.25, 0.3) is 0 Å². The van der Waals surface area contributed by atoms with Gasteiger partial charge in [-0.1, -0.05) is 23.8 Å². The first-order valence-corrected chi connectivity index (χ1v) is 10.5. The van der Waals surface area contributed by atoms with Gasteiger partial charge in [-0.05, 0) is 37.6 Å². The van der Waals surface area contributed by atoms with E-state index in [1.807, 2.05) is 44.2 Å². The predicted octanol–water partition coefficient (Wildman–Crippen LogP) is 1.44. The van der Waals surface area contributed by atoms with Crippen LogP contribution in [0.1, 0.15) is 17.5 Å². The second-order valence-corrected chi connectivity index (χ2v) is 8.17. The molecule has 2 aromatic carbocycles. The van der Waals surface area contributed by atoms with E-state index >= 15 is 0 Å². The van der Waals surface area contributed by atoms with Gasteiger partial charge < -0.3 is 26.0 Å². The number of methoxy groups -OCH3 is 1. The van der Waals surface area contributed by atoms with E-state index in [0.29, 0.717) is 11.4 Å². The SMILES string of the molecule is COc1ccc(C)c(NC(=O)C2CC(=O)NC3NC(Nc4ccc(C)cc4)NC(=O)C32)c1. The zero-order valence-corrected chi connectivity index (χ0v) is 18.2. The maximum absolute atomic E-state index is 13.1. The molecule has 32 heavy (non-hydrogen) atoms. The van der Waals surface area contributed by atoms with Gasteiger partial charge in [-0.2, -0.15) is 0 Å². The molecule has 9 nitrogen and oxygen atoms in total. The van der Waals surface area contributed by atoms with Gasteiger partial charge in [-0.25, -0.2) is 0 Å². The normalized spacial score (nSPS) is 24.6. The average molecular weight is 438 g/mol. The summed E-state index contributed by atoms with van der Waals surface area (Å²) in [5.41, 5.74) is 3.37. The second-order valence-electron chi connectivity index (χ2n) is 8.17. The topological polar surface area (TPSA) is 121 Å². The summed E-state index contributed by atoms with van der Waals surface area (Å²) in [5.74, 6) is -1.92. The fourth-order valence-corrected chi connectivity index (χ4v) is 4.06. The molecule has 2 fully saturated rings. The van der Waals surface area contributed by atoms with E-state index in [1.54, 1.807) is 19.2 Å². The molecule has 0 spiro atoms. The summed E-state index contributed by atoms with van der Waals surface area (Å²) < 4.78 is 5.23. The molecule has 2 heterocycles. The molecule has 4 rings (SSSR count). The fourth-order valence-electron chi connectivity index (χ4n) is 4.06. The van der Waals surface area contributed by atoms with Crippen LogP contribution < -0.4 is 31.3 Å². The third-order valence-electron chi connectivity index (χ3n) is 5.85. The molecule has 2 aliphatic rings. The van der Waals surface area contributed by atoms with Crippen LogP contribution in [0, 0.1) is 25.7 Å². The molecular formula is C23H27N5O4. The number of rotatable bonds is 5. The Balaban J connectivity index is 1.49. The number of piperidine rings is 1. The van der Waals surface area contributed by atoms with E-state index in [0.717, 1.165) is 16.8 Å². The Kier molecular flexibility index (Phi) is 6.00. The quantitative estimate of drug-likeness (QED) is 0.483. The van der Waals surface area contributed by atoms with Crippen molar-refractivity contribution in [3.63, 3.8) is 0 Å². The van der Waals surface area contributed by atoms with E-state index in [9.17, 15) is 14.4 Å². The van der Waals surface area contributed by atoms with E-state index in [2.05, 4.69) is 26.6 Å². The molecule has 168 valence electrons. The summed E-state index contributed by atoms with van der Waals surface area (Å²) in [4.78, 5) is 38.5. The Hall–Kier alpha value is -3.59. The lowest BCUT2D eigenvalue weighted by Gasteiger charge is -2.43. The number of hydrogen-bond acceptors (Lipinski definition) is 6. The van der Waals surface area contributed by atoms with Gasteiger partial charge in [0.2, 0.25) is 17.7 Å². The van der Waals surface area contributed by atoms with Crippen molar-refractivity contribution >= 4 is 29.1 Å². The summed E-state index contributed by atoms with van der Waals surface area (Å²) in [5, 5.41) is 14.9. The van der Waals surface area contributed by atoms with Gasteiger partial charge in [-0.15, -0.1) is 0 Å². The molecule has 0 aromatic heterocycles. The average Bonchev–Trinajstić information content (AvgIpc) is 2.76. The van der Waals surface area contributed by atoms with Crippen molar-refractivity contribution in [1.29, 1.82) is 0 Å². The fraction of sp³-hybridized carbons (Fsp3) is 0.348. The maximum Gasteiger partial charge on any atom is 0.229 e. The summed E-state index contributed by atoms with van der Waals surface area (Å²) >= 11 is 0. The lowest BCUT2D eigenvalue weighted by atomic mass is 9.81. The molecule has 2 aliphatic heterocycles. The highest BCUT2D eigenvalue weighted by molar-refractivity contribution is 6.00. The van der Waals surface area contributed by atoms with Gasteiger partial charge in [0.15, 0.2) is 6.29 Å². The molecule has 9 heteroatoms. The van der Waals surface area contributed by atoms with Crippen LogP contribution in [-0.4, -0.2) is 37.3 Å². The number of aryl methyl sites for hydroxylation is 2. The second kappa shape index (κ2) is 8.88. The molecule has 4 unspecified atom stereocenters. The lowest BCUT2D eigenvalue weighted by molar-refractivity contribution is -0.144. The minimum Gasteiger partial charge on any atom is -0.497 e. The monoisotopic (exact) mass is 437 g/mol. The maximum atomic E-state index is 13.1. The van der Waals surface area contributed by atoms with Gasteiger partial charge in [0, 0.05) is 23.9 Å². The van der Waals surface area contributed by atoms with Crippen molar-refractivity contribution in [3.8, 4) is 5.75 Å². The standard InChI is InChI=1S/C23H27N5O4/c1-12-4-7-14(8-5-12)24-23-27-20-19(22(31)28-23)16(11-18(29)26-20)21(30)25-17-10-15(32-3)9-6-13(17)2/h4-10,16,19-20,23-24,27H,11H2,1-3H3,(H,25,30)(H,26,29)(H,28,31). The van der Waals surface area contributed by atoms with E-state index in [-0.39, 0.29) is 24.1 Å². The summed E-state index contributed by atoms with van der Waals surface area (Å²) in [6, 6.07) is 13.1. The van der Waals surface area contributed by atoms with Crippen molar-refractivity contribution in [1.82, 2.24) is 16.0 Å². The third-order valence-corrected chi connectivity index (χ3v) is 5.85. The highest BCUT2D eigenvalue weighted by Gasteiger charge is 2.48. The molecule has 5 N–H and O–H groups in total. The van der Waals surface area contributed by atoms with Crippen LogP contribution in [0.4, 0.5) is 11.4 Å². The molecule has 2 saturated heterocycles. The molecule has 0 radical (unpaired) electrons. The number of hydrogen-bond donors (Lipinski definition) is 5. The molecule has 0 saturated carbocycles. The minimum absolute atomic E-state index is 0.0683. The van der Waals surface area contributed by atoms with Crippen LogP contribution in [0.15, 0.2) is 42.5 Å². The molecule has 0 bridgehead atoms. The number of amides is 3. The van der Waals surface area contributed by atoms with Crippen LogP contribution in [-0.2, 0) is 14.4 Å². The van der Waals surface area contributed by atoms with Gasteiger partial charge in [-0.3, -0.25) is 19.7 Å². The van der Waals surface area contributed by atoms with Gasteiger partial charge in [0.25, 0.3) is 0 Å². The van der Waals surface area contributed by atoms with Gasteiger partial charge in [0.05, 0.1) is 25.1 Å². The lowest BCUT2D eigenvalue weighted by Crippen LogP contribution is -2.72.